The van der Waals surface area contributed by atoms with E-state index in [1.165, 1.54) is 0 Å². The number of para-hydroxylation sites is 1. The van der Waals surface area contributed by atoms with Gasteiger partial charge in [0.05, 0.1) is 17.8 Å². The first-order chi connectivity index (χ1) is 12.1. The molecule has 6 nitrogen and oxygen atoms in total. The molecular weight excluding hydrogens is 338 g/mol. The van der Waals surface area contributed by atoms with Crippen molar-refractivity contribution >= 4 is 39.9 Å². The van der Waals surface area contributed by atoms with E-state index < -0.39 is 0 Å². The van der Waals surface area contributed by atoms with E-state index in [1.54, 1.807) is 4.52 Å². The molecule has 1 aromatic carbocycles. The number of amides is 1. The molecule has 0 N–H and O–H groups in total. The lowest BCUT2D eigenvalue weighted by molar-refractivity contribution is -0.128. The van der Waals surface area contributed by atoms with Crippen molar-refractivity contribution < 1.29 is 4.79 Å². The van der Waals surface area contributed by atoms with Crippen molar-refractivity contribution in [2.75, 3.05) is 31.6 Å². The van der Waals surface area contributed by atoms with Crippen LogP contribution in [-0.4, -0.2) is 52.1 Å². The van der Waals surface area contributed by atoms with Crippen molar-refractivity contribution in [3.8, 4) is 0 Å². The molecule has 130 valence electrons. The molecule has 0 aliphatic carbocycles. The van der Waals surface area contributed by atoms with Gasteiger partial charge >= 0.3 is 0 Å². The molecule has 1 saturated heterocycles. The molecule has 3 heterocycles. The number of hydrogen-bond acceptors (Lipinski definition) is 4. The van der Waals surface area contributed by atoms with Gasteiger partial charge in [0.15, 0.2) is 5.65 Å². The Labute approximate surface area is 151 Å². The Kier molecular flexibility index (Phi) is 4.00. The number of aryl methyl sites for hydroxylation is 1. The molecule has 25 heavy (non-hydrogen) atoms. The summed E-state index contributed by atoms with van der Waals surface area (Å²) in [5.74, 6) is 0.888. The van der Waals surface area contributed by atoms with E-state index in [-0.39, 0.29) is 5.91 Å². The topological polar surface area (TPSA) is 53.7 Å². The lowest BCUT2D eigenvalue weighted by Crippen LogP contribution is -2.37. The van der Waals surface area contributed by atoms with E-state index in [9.17, 15) is 4.79 Å². The van der Waals surface area contributed by atoms with E-state index in [2.05, 4.69) is 5.10 Å². The normalized spacial score (nSPS) is 14.6. The molecule has 0 bridgehead atoms. The standard InChI is InChI=1S/C18H20ClN5O/c1-12-16(19)18-20-17(13-7-3-4-8-14(13)24(18)21-12)22(2)11-15(25)23-9-5-6-10-23/h3-4,7-8H,5-6,9-11H2,1-2H3. The summed E-state index contributed by atoms with van der Waals surface area (Å²) in [4.78, 5) is 21.1. The number of halogens is 1. The summed E-state index contributed by atoms with van der Waals surface area (Å²) < 4.78 is 1.77. The quantitative estimate of drug-likeness (QED) is 0.723. The summed E-state index contributed by atoms with van der Waals surface area (Å²) in [6.07, 6.45) is 2.18. The van der Waals surface area contributed by atoms with Gasteiger partial charge in [-0.2, -0.15) is 5.10 Å². The first-order valence-electron chi connectivity index (χ1n) is 8.49. The monoisotopic (exact) mass is 357 g/mol. The van der Waals surface area contributed by atoms with E-state index >= 15 is 0 Å². The van der Waals surface area contributed by atoms with Crippen LogP contribution >= 0.6 is 11.6 Å². The maximum absolute atomic E-state index is 12.5. The summed E-state index contributed by atoms with van der Waals surface area (Å²) in [7, 11) is 1.90. The third-order valence-electron chi connectivity index (χ3n) is 4.74. The minimum Gasteiger partial charge on any atom is -0.350 e. The van der Waals surface area contributed by atoms with Crippen LogP contribution < -0.4 is 4.90 Å². The maximum Gasteiger partial charge on any atom is 0.242 e. The summed E-state index contributed by atoms with van der Waals surface area (Å²) in [6.45, 7) is 3.88. The molecule has 1 amide bonds. The highest BCUT2D eigenvalue weighted by atomic mass is 35.5. The lowest BCUT2D eigenvalue weighted by atomic mass is 10.2. The summed E-state index contributed by atoms with van der Waals surface area (Å²) in [5, 5.41) is 5.99. The zero-order valence-corrected chi connectivity index (χ0v) is 15.1. The van der Waals surface area contributed by atoms with E-state index in [4.69, 9.17) is 16.6 Å². The van der Waals surface area contributed by atoms with Crippen molar-refractivity contribution in [2.45, 2.75) is 19.8 Å². The fourth-order valence-corrected chi connectivity index (χ4v) is 3.56. The summed E-state index contributed by atoms with van der Waals surface area (Å²) in [5.41, 5.74) is 2.29. The summed E-state index contributed by atoms with van der Waals surface area (Å²) in [6, 6.07) is 7.92. The molecule has 0 atom stereocenters. The number of likely N-dealkylation sites (tertiary alicyclic amines) is 1. The summed E-state index contributed by atoms with van der Waals surface area (Å²) >= 11 is 6.39. The number of benzene rings is 1. The van der Waals surface area contributed by atoms with Crippen LogP contribution in [0.5, 0.6) is 0 Å². The minimum atomic E-state index is 0.140. The van der Waals surface area contributed by atoms with Gasteiger partial charge in [0, 0.05) is 25.5 Å². The molecule has 7 heteroatoms. The van der Waals surface area contributed by atoms with Crippen molar-refractivity contribution in [1.29, 1.82) is 0 Å². The van der Waals surface area contributed by atoms with Gasteiger partial charge in [-0.25, -0.2) is 9.50 Å². The molecule has 3 aromatic rings. The van der Waals surface area contributed by atoms with Crippen LogP contribution in [0.3, 0.4) is 0 Å². The second-order valence-electron chi connectivity index (χ2n) is 6.53. The Balaban J connectivity index is 1.79. The van der Waals surface area contributed by atoms with Crippen LogP contribution in [0.25, 0.3) is 16.6 Å². The third-order valence-corrected chi connectivity index (χ3v) is 5.18. The van der Waals surface area contributed by atoms with E-state index in [1.807, 2.05) is 48.0 Å². The second-order valence-corrected chi connectivity index (χ2v) is 6.91. The van der Waals surface area contributed by atoms with Crippen LogP contribution in [-0.2, 0) is 4.79 Å². The van der Waals surface area contributed by atoms with Gasteiger partial charge in [-0.05, 0) is 31.9 Å². The van der Waals surface area contributed by atoms with Gasteiger partial charge in [0.25, 0.3) is 0 Å². The number of carbonyl (C=O) groups excluding carboxylic acids is 1. The highest BCUT2D eigenvalue weighted by Crippen LogP contribution is 2.29. The van der Waals surface area contributed by atoms with Gasteiger partial charge in [-0.1, -0.05) is 23.7 Å². The largest absolute Gasteiger partial charge is 0.350 e. The molecule has 1 aliphatic rings. The highest BCUT2D eigenvalue weighted by Gasteiger charge is 2.22. The SMILES string of the molecule is Cc1nn2c(nc(N(C)CC(=O)N3CCCC3)c3ccccc32)c1Cl. The van der Waals surface area contributed by atoms with Crippen molar-refractivity contribution in [3.63, 3.8) is 0 Å². The minimum absolute atomic E-state index is 0.140. The first-order valence-corrected chi connectivity index (χ1v) is 8.86. The fourth-order valence-electron chi connectivity index (χ4n) is 3.40. The zero-order valence-electron chi connectivity index (χ0n) is 14.4. The Hall–Kier alpha value is -2.34. The molecule has 0 spiro atoms. The van der Waals surface area contributed by atoms with Crippen molar-refractivity contribution in [3.05, 3.63) is 35.0 Å². The molecule has 1 fully saturated rings. The number of rotatable bonds is 3. The van der Waals surface area contributed by atoms with Crippen LogP contribution in [0.2, 0.25) is 5.02 Å². The Morgan fingerprint density at radius 2 is 2.00 bits per heavy atom. The number of carbonyl (C=O) groups is 1. The van der Waals surface area contributed by atoms with Crippen LogP contribution in [0.15, 0.2) is 24.3 Å². The van der Waals surface area contributed by atoms with E-state index in [0.29, 0.717) is 17.2 Å². The lowest BCUT2D eigenvalue weighted by Gasteiger charge is -2.23. The van der Waals surface area contributed by atoms with Crippen LogP contribution in [0.1, 0.15) is 18.5 Å². The number of nitrogens with zero attached hydrogens (tertiary/aromatic N) is 5. The van der Waals surface area contributed by atoms with Crippen molar-refractivity contribution in [1.82, 2.24) is 19.5 Å². The molecular formula is C18H20ClN5O. The maximum atomic E-state index is 12.5. The smallest absolute Gasteiger partial charge is 0.242 e. The Morgan fingerprint density at radius 1 is 1.28 bits per heavy atom. The molecule has 4 rings (SSSR count). The Bertz CT molecular complexity index is 961. The van der Waals surface area contributed by atoms with E-state index in [0.717, 1.165) is 48.3 Å². The highest BCUT2D eigenvalue weighted by molar-refractivity contribution is 6.34. The molecule has 1 aliphatic heterocycles. The number of aromatic nitrogens is 3. The zero-order chi connectivity index (χ0) is 17.6. The van der Waals surface area contributed by atoms with Crippen molar-refractivity contribution in [2.24, 2.45) is 0 Å². The van der Waals surface area contributed by atoms with Gasteiger partial charge in [-0.15, -0.1) is 0 Å². The van der Waals surface area contributed by atoms with Gasteiger partial charge in [0.2, 0.25) is 5.91 Å². The van der Waals surface area contributed by atoms with Gasteiger partial charge < -0.3 is 9.80 Å². The third kappa shape index (κ3) is 2.70. The molecule has 0 saturated carbocycles. The number of anilines is 1. The van der Waals surface area contributed by atoms with Crippen LogP contribution in [0, 0.1) is 6.92 Å². The second kappa shape index (κ2) is 6.19. The molecule has 0 radical (unpaired) electrons. The number of fused-ring (bicyclic) bond motifs is 3. The van der Waals surface area contributed by atoms with Gasteiger partial charge in [-0.3, -0.25) is 4.79 Å². The molecule has 0 unspecified atom stereocenters. The fraction of sp³-hybridized carbons (Fsp3) is 0.389. The van der Waals surface area contributed by atoms with Crippen LogP contribution in [0.4, 0.5) is 5.82 Å². The predicted molar refractivity (Wildman–Crippen MR) is 99.3 cm³/mol. The number of likely N-dealkylation sites (N-methyl/N-ethyl adjacent to an activating group) is 1. The Morgan fingerprint density at radius 3 is 2.76 bits per heavy atom. The predicted octanol–water partition coefficient (Wildman–Crippen LogP) is 2.90. The number of hydrogen-bond donors (Lipinski definition) is 0. The molecule has 2 aromatic heterocycles. The average molecular weight is 358 g/mol. The first kappa shape index (κ1) is 16.1. The van der Waals surface area contributed by atoms with Gasteiger partial charge in [0.1, 0.15) is 10.8 Å². The average Bonchev–Trinajstić information content (AvgIpc) is 3.24.